The van der Waals surface area contributed by atoms with Crippen LogP contribution >= 0.6 is 0 Å². The molecule has 0 radical (unpaired) electrons. The van der Waals surface area contributed by atoms with Crippen LogP contribution in [0.1, 0.15) is 24.1 Å². The average Bonchev–Trinajstić information content (AvgIpc) is 2.55. The maximum atomic E-state index is 10.7. The molecule has 0 saturated heterocycles. The first-order valence-electron chi connectivity index (χ1n) is 7.31. The van der Waals surface area contributed by atoms with Crippen molar-refractivity contribution in [1.29, 1.82) is 0 Å². The molecule has 2 heterocycles. The zero-order valence-electron chi connectivity index (χ0n) is 13.5. The molecular formula is C16H21N5O2. The van der Waals surface area contributed by atoms with Crippen molar-refractivity contribution in [2.24, 2.45) is 0 Å². The lowest BCUT2D eigenvalue weighted by Crippen LogP contribution is -2.27. The van der Waals surface area contributed by atoms with Gasteiger partial charge in [0.2, 0.25) is 5.95 Å². The smallest absolute Gasteiger partial charge is 0.323 e. The van der Waals surface area contributed by atoms with Crippen molar-refractivity contribution in [2.75, 3.05) is 25.5 Å². The van der Waals surface area contributed by atoms with Gasteiger partial charge in [-0.05, 0) is 31.7 Å². The van der Waals surface area contributed by atoms with Crippen LogP contribution in [0.15, 0.2) is 36.9 Å². The quantitative estimate of drug-likeness (QED) is 0.830. The molecule has 7 heteroatoms. The van der Waals surface area contributed by atoms with E-state index in [1.54, 1.807) is 31.8 Å². The number of carbonyl (C=O) groups is 1. The lowest BCUT2D eigenvalue weighted by atomic mass is 10.1. The first-order chi connectivity index (χ1) is 11.0. The summed E-state index contributed by atoms with van der Waals surface area (Å²) in [4.78, 5) is 26.9. The van der Waals surface area contributed by atoms with Gasteiger partial charge in [-0.15, -0.1) is 0 Å². The van der Waals surface area contributed by atoms with Crippen molar-refractivity contribution >= 4 is 11.9 Å². The summed E-state index contributed by atoms with van der Waals surface area (Å²) < 4.78 is 0. The monoisotopic (exact) mass is 315 g/mol. The van der Waals surface area contributed by atoms with Gasteiger partial charge in [0.05, 0.1) is 0 Å². The number of rotatable bonds is 7. The number of hydrogen-bond acceptors (Lipinski definition) is 6. The summed E-state index contributed by atoms with van der Waals surface area (Å²) in [5.74, 6) is -0.507. The van der Waals surface area contributed by atoms with Crippen molar-refractivity contribution in [3.63, 3.8) is 0 Å². The van der Waals surface area contributed by atoms with Gasteiger partial charge in [0.25, 0.3) is 0 Å². The van der Waals surface area contributed by atoms with E-state index in [2.05, 4.69) is 26.8 Å². The first-order valence-corrected chi connectivity index (χ1v) is 7.31. The Balaban J connectivity index is 1.99. The molecular weight excluding hydrogens is 294 g/mol. The highest BCUT2D eigenvalue weighted by Crippen LogP contribution is 2.19. The van der Waals surface area contributed by atoms with Gasteiger partial charge >= 0.3 is 5.97 Å². The van der Waals surface area contributed by atoms with Crippen LogP contribution in [-0.2, 0) is 11.3 Å². The third-order valence-electron chi connectivity index (χ3n) is 3.69. The first kappa shape index (κ1) is 16.8. The van der Waals surface area contributed by atoms with E-state index in [-0.39, 0.29) is 12.6 Å². The van der Waals surface area contributed by atoms with Gasteiger partial charge in [0.15, 0.2) is 0 Å². The maximum absolute atomic E-state index is 10.7. The van der Waals surface area contributed by atoms with Crippen molar-refractivity contribution in [1.82, 2.24) is 19.9 Å². The van der Waals surface area contributed by atoms with E-state index < -0.39 is 5.97 Å². The Morgan fingerprint density at radius 3 is 2.39 bits per heavy atom. The molecule has 0 aromatic carbocycles. The summed E-state index contributed by atoms with van der Waals surface area (Å²) in [7, 11) is 3.69. The molecule has 0 saturated carbocycles. The van der Waals surface area contributed by atoms with Crippen molar-refractivity contribution in [3.05, 3.63) is 48.0 Å². The highest BCUT2D eigenvalue weighted by atomic mass is 16.4. The van der Waals surface area contributed by atoms with Gasteiger partial charge in [-0.1, -0.05) is 0 Å². The molecule has 2 aromatic rings. The van der Waals surface area contributed by atoms with Crippen LogP contribution in [-0.4, -0.2) is 51.6 Å². The summed E-state index contributed by atoms with van der Waals surface area (Å²) in [6, 6.07) is 4.25. The predicted molar refractivity (Wildman–Crippen MR) is 87.1 cm³/mol. The van der Waals surface area contributed by atoms with Gasteiger partial charge in [0.1, 0.15) is 6.54 Å². The largest absolute Gasteiger partial charge is 0.480 e. The highest BCUT2D eigenvalue weighted by Gasteiger charge is 2.13. The summed E-state index contributed by atoms with van der Waals surface area (Å²) in [5, 5.41) is 8.78. The van der Waals surface area contributed by atoms with E-state index in [0.717, 1.165) is 5.56 Å². The normalized spacial score (nSPS) is 12.2. The van der Waals surface area contributed by atoms with E-state index in [4.69, 9.17) is 5.11 Å². The topological polar surface area (TPSA) is 82.5 Å². The Hall–Kier alpha value is -2.54. The van der Waals surface area contributed by atoms with Gasteiger partial charge < -0.3 is 10.0 Å². The van der Waals surface area contributed by atoms with Gasteiger partial charge in [-0.3, -0.25) is 14.7 Å². The van der Waals surface area contributed by atoms with E-state index in [1.807, 2.05) is 19.2 Å². The summed E-state index contributed by atoms with van der Waals surface area (Å²) in [5.41, 5.74) is 2.17. The number of nitrogens with zero attached hydrogens (tertiary/aromatic N) is 5. The maximum Gasteiger partial charge on any atom is 0.323 e. The average molecular weight is 315 g/mol. The molecule has 0 fully saturated rings. The zero-order chi connectivity index (χ0) is 16.8. The fourth-order valence-electron chi connectivity index (χ4n) is 2.22. The Bertz CT molecular complexity index is 633. The van der Waals surface area contributed by atoms with Crippen LogP contribution in [0.2, 0.25) is 0 Å². The fourth-order valence-corrected chi connectivity index (χ4v) is 2.22. The lowest BCUT2D eigenvalue weighted by molar-refractivity contribution is -0.135. The van der Waals surface area contributed by atoms with Crippen LogP contribution in [0.25, 0.3) is 0 Å². The van der Waals surface area contributed by atoms with E-state index in [9.17, 15) is 4.79 Å². The predicted octanol–water partition coefficient (Wildman–Crippen LogP) is 1.59. The van der Waals surface area contributed by atoms with E-state index in [1.165, 1.54) is 10.5 Å². The summed E-state index contributed by atoms with van der Waals surface area (Å²) in [6.45, 7) is 2.70. The SMILES string of the molecule is C[C@@H](c1ccncc1)N(C)Cc1cnc(N(C)CC(=O)O)nc1. The molecule has 2 rings (SSSR count). The molecule has 2 aromatic heterocycles. The summed E-state index contributed by atoms with van der Waals surface area (Å²) >= 11 is 0. The Morgan fingerprint density at radius 2 is 1.83 bits per heavy atom. The van der Waals surface area contributed by atoms with Crippen LogP contribution in [0, 0.1) is 0 Å². The van der Waals surface area contributed by atoms with Crippen LogP contribution in [0.3, 0.4) is 0 Å². The second-order valence-corrected chi connectivity index (χ2v) is 5.51. The minimum absolute atomic E-state index is 0.127. The van der Waals surface area contributed by atoms with E-state index in [0.29, 0.717) is 12.5 Å². The number of aliphatic carboxylic acids is 1. The number of anilines is 1. The fraction of sp³-hybridized carbons (Fsp3) is 0.375. The molecule has 0 spiro atoms. The number of hydrogen-bond donors (Lipinski definition) is 1. The second kappa shape index (κ2) is 7.64. The number of carboxylic acid groups (broad SMARTS) is 1. The molecule has 1 N–H and O–H groups in total. The van der Waals surface area contributed by atoms with E-state index >= 15 is 0 Å². The molecule has 0 bridgehead atoms. The second-order valence-electron chi connectivity index (χ2n) is 5.51. The number of pyridine rings is 1. The number of likely N-dealkylation sites (N-methyl/N-ethyl adjacent to an activating group) is 1. The molecule has 0 amide bonds. The van der Waals surface area contributed by atoms with Gasteiger partial charge in [0, 0.05) is 50.0 Å². The van der Waals surface area contributed by atoms with Crippen molar-refractivity contribution in [3.8, 4) is 0 Å². The Labute approximate surface area is 135 Å². The van der Waals surface area contributed by atoms with Crippen LogP contribution in [0.5, 0.6) is 0 Å². The molecule has 0 aliphatic rings. The molecule has 0 unspecified atom stereocenters. The van der Waals surface area contributed by atoms with Gasteiger partial charge in [-0.25, -0.2) is 9.97 Å². The van der Waals surface area contributed by atoms with Gasteiger partial charge in [-0.2, -0.15) is 0 Å². The molecule has 1 atom stereocenters. The third-order valence-corrected chi connectivity index (χ3v) is 3.69. The minimum atomic E-state index is -0.911. The molecule has 7 nitrogen and oxygen atoms in total. The Morgan fingerprint density at radius 1 is 1.22 bits per heavy atom. The van der Waals surface area contributed by atoms with Crippen molar-refractivity contribution in [2.45, 2.75) is 19.5 Å². The number of carboxylic acids is 1. The lowest BCUT2D eigenvalue weighted by Gasteiger charge is -2.25. The van der Waals surface area contributed by atoms with Crippen LogP contribution in [0.4, 0.5) is 5.95 Å². The highest BCUT2D eigenvalue weighted by molar-refractivity contribution is 5.72. The third kappa shape index (κ3) is 4.72. The summed E-state index contributed by atoms with van der Waals surface area (Å²) in [6.07, 6.45) is 7.04. The number of aromatic nitrogens is 3. The zero-order valence-corrected chi connectivity index (χ0v) is 13.5. The molecule has 0 aliphatic heterocycles. The van der Waals surface area contributed by atoms with Crippen LogP contribution < -0.4 is 4.90 Å². The molecule has 23 heavy (non-hydrogen) atoms. The minimum Gasteiger partial charge on any atom is -0.480 e. The molecule has 122 valence electrons. The standard InChI is InChI=1S/C16H21N5O2/c1-12(14-4-6-17-7-5-14)20(2)10-13-8-18-16(19-9-13)21(3)11-15(22)23/h4-9,12H,10-11H2,1-3H3,(H,22,23)/t12-/m0/s1. The van der Waals surface area contributed by atoms with Crippen molar-refractivity contribution < 1.29 is 9.90 Å². The Kier molecular flexibility index (Phi) is 5.59. The molecule has 0 aliphatic carbocycles.